The van der Waals surface area contributed by atoms with Gasteiger partial charge in [-0.25, -0.2) is 8.42 Å². The second-order valence-electron chi connectivity index (χ2n) is 7.34. The molecule has 0 heterocycles. The number of nitrogens with one attached hydrogen (secondary N) is 2. The van der Waals surface area contributed by atoms with Crippen molar-refractivity contribution in [3.8, 4) is 5.75 Å². The standard InChI is InChI=1S/C24H25N3O5S/c1-3-33(30,31)27-21-12-11-19(13-16(21)2)26-24(29)18-8-6-7-17(14-18)15-32-22-10-5-4-9-20(22)23(25)28/h4-14,27H,3,15H2,1-2H3,(H2,25,28)(H,26,29). The summed E-state index contributed by atoms with van der Waals surface area (Å²) in [7, 11) is -3.39. The number of nitrogens with two attached hydrogens (primary N) is 1. The minimum absolute atomic E-state index is 0.0287. The number of aryl methyl sites for hydroxylation is 1. The van der Waals surface area contributed by atoms with Gasteiger partial charge in [-0.1, -0.05) is 24.3 Å². The van der Waals surface area contributed by atoms with Crippen molar-refractivity contribution in [3.63, 3.8) is 0 Å². The Kier molecular flexibility index (Phi) is 7.34. The first-order valence-corrected chi connectivity index (χ1v) is 11.9. The molecule has 3 aromatic carbocycles. The van der Waals surface area contributed by atoms with E-state index in [0.29, 0.717) is 28.3 Å². The summed E-state index contributed by atoms with van der Waals surface area (Å²) in [5, 5.41) is 2.81. The minimum atomic E-state index is -3.39. The van der Waals surface area contributed by atoms with Crippen molar-refractivity contribution in [2.75, 3.05) is 15.8 Å². The smallest absolute Gasteiger partial charge is 0.255 e. The third-order valence-corrected chi connectivity index (χ3v) is 6.16. The molecule has 0 bridgehead atoms. The highest BCUT2D eigenvalue weighted by Gasteiger charge is 2.12. The number of para-hydroxylation sites is 1. The van der Waals surface area contributed by atoms with Crippen LogP contribution in [0.25, 0.3) is 0 Å². The van der Waals surface area contributed by atoms with Crippen LogP contribution >= 0.6 is 0 Å². The predicted octanol–water partition coefficient (Wildman–Crippen LogP) is 3.69. The molecule has 0 aromatic heterocycles. The molecule has 0 saturated carbocycles. The van der Waals surface area contributed by atoms with E-state index in [-0.39, 0.29) is 23.8 Å². The summed E-state index contributed by atoms with van der Waals surface area (Å²) >= 11 is 0. The molecular formula is C24H25N3O5S. The van der Waals surface area contributed by atoms with Crippen molar-refractivity contribution in [1.82, 2.24) is 0 Å². The maximum atomic E-state index is 12.7. The Hall–Kier alpha value is -3.85. The van der Waals surface area contributed by atoms with Crippen molar-refractivity contribution >= 4 is 33.2 Å². The molecule has 4 N–H and O–H groups in total. The zero-order valence-electron chi connectivity index (χ0n) is 18.3. The van der Waals surface area contributed by atoms with E-state index in [9.17, 15) is 18.0 Å². The maximum Gasteiger partial charge on any atom is 0.255 e. The Morgan fingerprint density at radius 2 is 1.76 bits per heavy atom. The Morgan fingerprint density at radius 3 is 2.45 bits per heavy atom. The van der Waals surface area contributed by atoms with E-state index in [1.807, 2.05) is 6.07 Å². The Bertz CT molecular complexity index is 1290. The molecule has 0 unspecified atom stereocenters. The number of carbonyl (C=O) groups is 2. The van der Waals surface area contributed by atoms with E-state index in [0.717, 1.165) is 5.56 Å². The normalized spacial score (nSPS) is 11.0. The van der Waals surface area contributed by atoms with Crippen LogP contribution in [0.2, 0.25) is 0 Å². The first-order chi connectivity index (χ1) is 15.7. The van der Waals surface area contributed by atoms with Gasteiger partial charge in [0.1, 0.15) is 12.4 Å². The number of ether oxygens (including phenoxy) is 1. The van der Waals surface area contributed by atoms with Gasteiger partial charge in [0.05, 0.1) is 17.0 Å². The second kappa shape index (κ2) is 10.2. The lowest BCUT2D eigenvalue weighted by atomic mass is 10.1. The van der Waals surface area contributed by atoms with E-state index in [1.165, 1.54) is 0 Å². The van der Waals surface area contributed by atoms with Crippen LogP contribution in [0.5, 0.6) is 5.75 Å². The molecule has 3 rings (SSSR count). The first kappa shape index (κ1) is 23.8. The number of amides is 2. The van der Waals surface area contributed by atoms with E-state index in [2.05, 4.69) is 10.0 Å². The van der Waals surface area contributed by atoms with E-state index in [4.69, 9.17) is 10.5 Å². The Labute approximate surface area is 192 Å². The summed E-state index contributed by atoms with van der Waals surface area (Å²) in [4.78, 5) is 24.3. The summed E-state index contributed by atoms with van der Waals surface area (Å²) in [5.41, 5.74) is 8.50. The second-order valence-corrected chi connectivity index (χ2v) is 9.35. The van der Waals surface area contributed by atoms with Crippen LogP contribution in [-0.4, -0.2) is 26.0 Å². The molecule has 33 heavy (non-hydrogen) atoms. The summed E-state index contributed by atoms with van der Waals surface area (Å²) in [5.74, 6) is -0.564. The number of primary amides is 1. The van der Waals surface area contributed by atoms with Crippen LogP contribution < -0.4 is 20.5 Å². The molecule has 0 aliphatic rings. The van der Waals surface area contributed by atoms with Gasteiger partial charge >= 0.3 is 0 Å². The molecule has 8 nitrogen and oxygen atoms in total. The van der Waals surface area contributed by atoms with Crippen molar-refractivity contribution in [2.45, 2.75) is 20.5 Å². The number of sulfonamides is 1. The van der Waals surface area contributed by atoms with Crippen molar-refractivity contribution < 1.29 is 22.7 Å². The van der Waals surface area contributed by atoms with Gasteiger partial charge in [-0.2, -0.15) is 0 Å². The van der Waals surface area contributed by atoms with Crippen LogP contribution in [-0.2, 0) is 16.6 Å². The number of anilines is 2. The third-order valence-electron chi connectivity index (χ3n) is 4.87. The number of hydrogen-bond donors (Lipinski definition) is 3. The van der Waals surface area contributed by atoms with Crippen LogP contribution in [0.15, 0.2) is 66.7 Å². The Balaban J connectivity index is 1.69. The van der Waals surface area contributed by atoms with Gasteiger partial charge in [0.2, 0.25) is 10.0 Å². The van der Waals surface area contributed by atoms with Crippen LogP contribution in [0.1, 0.15) is 38.8 Å². The largest absolute Gasteiger partial charge is 0.488 e. The predicted molar refractivity (Wildman–Crippen MR) is 128 cm³/mol. The highest BCUT2D eigenvalue weighted by Crippen LogP contribution is 2.22. The van der Waals surface area contributed by atoms with E-state index < -0.39 is 15.9 Å². The number of benzene rings is 3. The molecule has 0 radical (unpaired) electrons. The average Bonchev–Trinajstić information content (AvgIpc) is 2.79. The molecule has 9 heteroatoms. The number of carbonyl (C=O) groups excluding carboxylic acids is 2. The molecule has 0 spiro atoms. The van der Waals surface area contributed by atoms with Crippen LogP contribution in [0, 0.1) is 6.92 Å². The quantitative estimate of drug-likeness (QED) is 0.442. The van der Waals surface area contributed by atoms with Gasteiger partial charge in [-0.15, -0.1) is 0 Å². The molecule has 0 aliphatic carbocycles. The minimum Gasteiger partial charge on any atom is -0.488 e. The zero-order chi connectivity index (χ0) is 24.0. The van der Waals surface area contributed by atoms with Gasteiger partial charge in [-0.3, -0.25) is 14.3 Å². The highest BCUT2D eigenvalue weighted by molar-refractivity contribution is 7.92. The SMILES string of the molecule is CCS(=O)(=O)Nc1ccc(NC(=O)c2cccc(COc3ccccc3C(N)=O)c2)cc1C. The van der Waals surface area contributed by atoms with Crippen LogP contribution in [0.3, 0.4) is 0 Å². The molecular weight excluding hydrogens is 442 g/mol. The van der Waals surface area contributed by atoms with Gasteiger partial charge in [0, 0.05) is 11.3 Å². The van der Waals surface area contributed by atoms with Crippen molar-refractivity contribution in [1.29, 1.82) is 0 Å². The van der Waals surface area contributed by atoms with Gasteiger partial charge in [0.15, 0.2) is 0 Å². The first-order valence-electron chi connectivity index (χ1n) is 10.2. The van der Waals surface area contributed by atoms with Crippen molar-refractivity contribution in [3.05, 3.63) is 89.0 Å². The van der Waals surface area contributed by atoms with E-state index in [1.54, 1.807) is 74.5 Å². The molecule has 0 saturated heterocycles. The van der Waals surface area contributed by atoms with E-state index >= 15 is 0 Å². The fourth-order valence-corrected chi connectivity index (χ4v) is 3.77. The molecule has 3 aromatic rings. The molecule has 0 aliphatic heterocycles. The lowest BCUT2D eigenvalue weighted by Crippen LogP contribution is -2.16. The molecule has 2 amide bonds. The zero-order valence-corrected chi connectivity index (χ0v) is 19.1. The maximum absolute atomic E-state index is 12.7. The average molecular weight is 468 g/mol. The van der Waals surface area contributed by atoms with Gasteiger partial charge in [-0.05, 0) is 67.4 Å². The summed E-state index contributed by atoms with van der Waals surface area (Å²) in [6.07, 6.45) is 0. The van der Waals surface area contributed by atoms with Gasteiger partial charge < -0.3 is 15.8 Å². The number of rotatable bonds is 9. The fourth-order valence-electron chi connectivity index (χ4n) is 3.06. The number of hydrogen-bond acceptors (Lipinski definition) is 5. The third kappa shape index (κ3) is 6.33. The fraction of sp³-hybridized carbons (Fsp3) is 0.167. The topological polar surface area (TPSA) is 128 Å². The highest BCUT2D eigenvalue weighted by atomic mass is 32.2. The molecule has 172 valence electrons. The summed E-state index contributed by atoms with van der Waals surface area (Å²) in [6, 6.07) is 18.5. The molecule has 0 fully saturated rings. The monoisotopic (exact) mass is 467 g/mol. The lowest BCUT2D eigenvalue weighted by Gasteiger charge is -2.12. The van der Waals surface area contributed by atoms with Gasteiger partial charge in [0.25, 0.3) is 11.8 Å². The lowest BCUT2D eigenvalue weighted by molar-refractivity contribution is 0.0994. The van der Waals surface area contributed by atoms with Crippen LogP contribution in [0.4, 0.5) is 11.4 Å². The molecule has 0 atom stereocenters. The summed E-state index contributed by atoms with van der Waals surface area (Å²) in [6.45, 7) is 3.46. The Morgan fingerprint density at radius 1 is 1.00 bits per heavy atom. The van der Waals surface area contributed by atoms with Crippen molar-refractivity contribution in [2.24, 2.45) is 5.73 Å². The summed E-state index contributed by atoms with van der Waals surface area (Å²) < 4.78 is 31.8.